The molecule has 4 nitrogen and oxygen atoms in total. The summed E-state index contributed by atoms with van der Waals surface area (Å²) in [6, 6.07) is 7.74. The van der Waals surface area contributed by atoms with E-state index in [4.69, 9.17) is 0 Å². The molecule has 0 spiro atoms. The normalized spacial score (nSPS) is 12.8. The number of nitrogens with one attached hydrogen (secondary N) is 2. The number of amides is 1. The SMILES string of the molecule is CC(C)C(O)CCNC(=O)c1[nH]c2ccccc2c1Br. The van der Waals surface area contributed by atoms with Crippen molar-refractivity contribution in [3.05, 3.63) is 34.4 Å². The molecule has 1 amide bonds. The fourth-order valence-electron chi connectivity index (χ4n) is 2.02. The van der Waals surface area contributed by atoms with Gasteiger partial charge in [-0.1, -0.05) is 32.0 Å². The Labute approximate surface area is 126 Å². The molecule has 0 bridgehead atoms. The van der Waals surface area contributed by atoms with Gasteiger partial charge >= 0.3 is 0 Å². The molecule has 0 aliphatic rings. The van der Waals surface area contributed by atoms with Crippen LogP contribution in [0.3, 0.4) is 0 Å². The van der Waals surface area contributed by atoms with E-state index < -0.39 is 0 Å². The van der Waals surface area contributed by atoms with E-state index in [1.54, 1.807) is 0 Å². The van der Waals surface area contributed by atoms with E-state index in [2.05, 4.69) is 26.2 Å². The summed E-state index contributed by atoms with van der Waals surface area (Å²) < 4.78 is 0.773. The molecular formula is C15H19BrN2O2. The lowest BCUT2D eigenvalue weighted by atomic mass is 10.0. The first-order valence-electron chi connectivity index (χ1n) is 6.73. The van der Waals surface area contributed by atoms with Gasteiger partial charge in [-0.15, -0.1) is 0 Å². The summed E-state index contributed by atoms with van der Waals surface area (Å²) in [4.78, 5) is 15.2. The number of fused-ring (bicyclic) bond motifs is 1. The fraction of sp³-hybridized carbons (Fsp3) is 0.400. The lowest BCUT2D eigenvalue weighted by Crippen LogP contribution is -2.29. The summed E-state index contributed by atoms with van der Waals surface area (Å²) in [7, 11) is 0. The summed E-state index contributed by atoms with van der Waals surface area (Å²) >= 11 is 3.46. The van der Waals surface area contributed by atoms with Gasteiger partial charge in [0.2, 0.25) is 0 Å². The number of H-pyrrole nitrogens is 1. The van der Waals surface area contributed by atoms with Crippen molar-refractivity contribution in [3.8, 4) is 0 Å². The molecule has 0 radical (unpaired) electrons. The summed E-state index contributed by atoms with van der Waals surface area (Å²) in [5.74, 6) is 0.0377. The van der Waals surface area contributed by atoms with E-state index in [0.29, 0.717) is 18.7 Å². The Balaban J connectivity index is 2.03. The molecule has 3 N–H and O–H groups in total. The largest absolute Gasteiger partial charge is 0.393 e. The Bertz CT molecular complexity index is 607. The van der Waals surface area contributed by atoms with Gasteiger partial charge in [0.25, 0.3) is 5.91 Å². The molecule has 2 rings (SSSR count). The van der Waals surface area contributed by atoms with Crippen molar-refractivity contribution in [1.82, 2.24) is 10.3 Å². The van der Waals surface area contributed by atoms with E-state index in [1.807, 2.05) is 38.1 Å². The maximum atomic E-state index is 12.1. The van der Waals surface area contributed by atoms with Gasteiger partial charge in [-0.3, -0.25) is 4.79 Å². The smallest absolute Gasteiger partial charge is 0.268 e. The molecule has 0 aliphatic carbocycles. The van der Waals surface area contributed by atoms with Crippen molar-refractivity contribution in [2.45, 2.75) is 26.4 Å². The van der Waals surface area contributed by atoms with Gasteiger partial charge in [-0.2, -0.15) is 0 Å². The zero-order valence-corrected chi connectivity index (χ0v) is 13.2. The zero-order valence-electron chi connectivity index (χ0n) is 11.6. The van der Waals surface area contributed by atoms with Crippen LogP contribution in [0.1, 0.15) is 30.8 Å². The van der Waals surface area contributed by atoms with Crippen LogP contribution in [0.25, 0.3) is 10.9 Å². The van der Waals surface area contributed by atoms with E-state index in [0.717, 1.165) is 15.4 Å². The first-order valence-corrected chi connectivity index (χ1v) is 7.52. The molecule has 108 valence electrons. The highest BCUT2D eigenvalue weighted by atomic mass is 79.9. The number of aliphatic hydroxyl groups is 1. The molecule has 5 heteroatoms. The number of rotatable bonds is 5. The third kappa shape index (κ3) is 3.22. The van der Waals surface area contributed by atoms with E-state index in [-0.39, 0.29) is 17.9 Å². The maximum absolute atomic E-state index is 12.1. The predicted molar refractivity (Wildman–Crippen MR) is 83.8 cm³/mol. The number of carbonyl (C=O) groups is 1. The van der Waals surface area contributed by atoms with Gasteiger partial charge in [0.15, 0.2) is 0 Å². The lowest BCUT2D eigenvalue weighted by molar-refractivity contribution is 0.0915. The van der Waals surface area contributed by atoms with Gasteiger partial charge in [0.05, 0.1) is 10.6 Å². The average Bonchev–Trinajstić information content (AvgIpc) is 2.76. The van der Waals surface area contributed by atoms with Crippen LogP contribution >= 0.6 is 15.9 Å². The molecular weight excluding hydrogens is 320 g/mol. The van der Waals surface area contributed by atoms with Crippen LogP contribution in [0.2, 0.25) is 0 Å². The number of hydrogen-bond acceptors (Lipinski definition) is 2. The van der Waals surface area contributed by atoms with Crippen LogP contribution in [0.4, 0.5) is 0 Å². The summed E-state index contributed by atoms with van der Waals surface area (Å²) in [5, 5.41) is 13.5. The maximum Gasteiger partial charge on any atom is 0.268 e. The standard InChI is InChI=1S/C15H19BrN2O2/c1-9(2)12(19)7-8-17-15(20)14-13(16)10-5-3-4-6-11(10)18-14/h3-6,9,12,18-19H,7-8H2,1-2H3,(H,17,20). The number of aromatic nitrogens is 1. The highest BCUT2D eigenvalue weighted by Gasteiger charge is 2.16. The number of halogens is 1. The molecule has 20 heavy (non-hydrogen) atoms. The predicted octanol–water partition coefficient (Wildman–Crippen LogP) is 3.07. The van der Waals surface area contributed by atoms with Gasteiger partial charge in [-0.05, 0) is 34.3 Å². The molecule has 1 atom stereocenters. The first kappa shape index (κ1) is 15.1. The van der Waals surface area contributed by atoms with Crippen LogP contribution in [-0.2, 0) is 0 Å². The van der Waals surface area contributed by atoms with Gasteiger partial charge in [-0.25, -0.2) is 0 Å². The molecule has 0 saturated heterocycles. The molecule has 2 aromatic rings. The minimum atomic E-state index is -0.388. The molecule has 1 heterocycles. The number of aliphatic hydroxyl groups excluding tert-OH is 1. The number of carbonyl (C=O) groups excluding carboxylic acids is 1. The summed E-state index contributed by atoms with van der Waals surface area (Å²) in [6.45, 7) is 4.38. The Morgan fingerprint density at radius 2 is 2.10 bits per heavy atom. The Morgan fingerprint density at radius 1 is 1.40 bits per heavy atom. The van der Waals surface area contributed by atoms with E-state index >= 15 is 0 Å². The number of para-hydroxylation sites is 1. The Kier molecular flexibility index (Phi) is 4.83. The van der Waals surface area contributed by atoms with Crippen LogP contribution in [0.15, 0.2) is 28.7 Å². The molecule has 0 aliphatic heterocycles. The van der Waals surface area contributed by atoms with Crippen LogP contribution in [-0.4, -0.2) is 28.6 Å². The Morgan fingerprint density at radius 3 is 2.75 bits per heavy atom. The second-order valence-corrected chi connectivity index (χ2v) is 6.01. The van der Waals surface area contributed by atoms with Crippen LogP contribution in [0, 0.1) is 5.92 Å². The van der Waals surface area contributed by atoms with Crippen molar-refractivity contribution < 1.29 is 9.90 Å². The van der Waals surface area contributed by atoms with Crippen molar-refractivity contribution in [1.29, 1.82) is 0 Å². The molecule has 0 saturated carbocycles. The van der Waals surface area contributed by atoms with Crippen LogP contribution < -0.4 is 5.32 Å². The molecule has 1 aromatic heterocycles. The van der Waals surface area contributed by atoms with E-state index in [1.165, 1.54) is 0 Å². The first-order chi connectivity index (χ1) is 9.50. The van der Waals surface area contributed by atoms with Crippen molar-refractivity contribution in [3.63, 3.8) is 0 Å². The van der Waals surface area contributed by atoms with Crippen LogP contribution in [0.5, 0.6) is 0 Å². The molecule has 1 unspecified atom stereocenters. The highest BCUT2D eigenvalue weighted by Crippen LogP contribution is 2.27. The average molecular weight is 339 g/mol. The minimum absolute atomic E-state index is 0.163. The third-order valence-corrected chi connectivity index (χ3v) is 4.19. The van der Waals surface area contributed by atoms with Crippen molar-refractivity contribution in [2.75, 3.05) is 6.54 Å². The lowest BCUT2D eigenvalue weighted by Gasteiger charge is -2.14. The molecule has 1 aromatic carbocycles. The highest BCUT2D eigenvalue weighted by molar-refractivity contribution is 9.10. The fourth-order valence-corrected chi connectivity index (χ4v) is 2.64. The summed E-state index contributed by atoms with van der Waals surface area (Å²) in [5.41, 5.74) is 1.44. The van der Waals surface area contributed by atoms with Crippen molar-refractivity contribution >= 4 is 32.7 Å². The van der Waals surface area contributed by atoms with Gasteiger partial charge < -0.3 is 15.4 Å². The Hall–Kier alpha value is -1.33. The molecule has 0 fully saturated rings. The third-order valence-electron chi connectivity index (χ3n) is 3.36. The van der Waals surface area contributed by atoms with E-state index in [9.17, 15) is 9.90 Å². The number of benzene rings is 1. The minimum Gasteiger partial charge on any atom is -0.393 e. The second-order valence-electron chi connectivity index (χ2n) is 5.22. The number of aromatic amines is 1. The quantitative estimate of drug-likeness (QED) is 0.784. The number of hydrogen-bond donors (Lipinski definition) is 3. The second kappa shape index (κ2) is 6.41. The monoisotopic (exact) mass is 338 g/mol. The van der Waals surface area contributed by atoms with Gasteiger partial charge in [0, 0.05) is 17.4 Å². The van der Waals surface area contributed by atoms with Gasteiger partial charge in [0.1, 0.15) is 5.69 Å². The topological polar surface area (TPSA) is 65.1 Å². The summed E-state index contributed by atoms with van der Waals surface area (Å²) in [6.07, 6.45) is 0.169. The zero-order chi connectivity index (χ0) is 14.7. The van der Waals surface area contributed by atoms with Crippen molar-refractivity contribution in [2.24, 2.45) is 5.92 Å².